The number of hydrogen-bond acceptors (Lipinski definition) is 4. The molecule has 0 unspecified atom stereocenters. The number of halogens is 3. The summed E-state index contributed by atoms with van der Waals surface area (Å²) in [6, 6.07) is 15.4. The van der Waals surface area contributed by atoms with E-state index < -0.39 is 17.6 Å². The van der Waals surface area contributed by atoms with Gasteiger partial charge in [-0.25, -0.2) is 0 Å². The number of para-hydroxylation sites is 1. The molecule has 1 N–H and O–H groups in total. The molecule has 0 saturated heterocycles. The molecule has 31 heavy (non-hydrogen) atoms. The lowest BCUT2D eigenvalue weighted by atomic mass is 10.1. The molecule has 158 valence electrons. The number of hydrogen-bond donors (Lipinski definition) is 1. The second kappa shape index (κ2) is 8.10. The summed E-state index contributed by atoms with van der Waals surface area (Å²) in [6.45, 7) is -0.0394. The van der Waals surface area contributed by atoms with Crippen molar-refractivity contribution in [1.29, 1.82) is 0 Å². The van der Waals surface area contributed by atoms with Crippen molar-refractivity contribution >= 4 is 11.6 Å². The van der Waals surface area contributed by atoms with Crippen LogP contribution in [-0.4, -0.2) is 27.6 Å². The van der Waals surface area contributed by atoms with Crippen LogP contribution in [0.25, 0.3) is 17.0 Å². The third kappa shape index (κ3) is 4.20. The third-order valence-corrected chi connectivity index (χ3v) is 4.72. The Kier molecular flexibility index (Phi) is 5.33. The summed E-state index contributed by atoms with van der Waals surface area (Å²) in [5.74, 6) is 0.676. The number of ether oxygens (including phenoxy) is 1. The van der Waals surface area contributed by atoms with Crippen molar-refractivity contribution in [3.05, 3.63) is 83.6 Å². The number of alkyl halides is 3. The molecular formula is C22H17F3N4O2. The van der Waals surface area contributed by atoms with E-state index in [1.807, 2.05) is 18.2 Å². The van der Waals surface area contributed by atoms with Crippen molar-refractivity contribution in [3.8, 4) is 17.1 Å². The number of carbonyl (C=O) groups excluding carboxylic acids is 1. The molecule has 1 amide bonds. The van der Waals surface area contributed by atoms with Crippen LogP contribution in [0.2, 0.25) is 0 Å². The van der Waals surface area contributed by atoms with Gasteiger partial charge in [-0.05, 0) is 42.0 Å². The Bertz CT molecular complexity index is 1250. The third-order valence-electron chi connectivity index (χ3n) is 4.72. The van der Waals surface area contributed by atoms with Gasteiger partial charge in [-0.1, -0.05) is 24.3 Å². The van der Waals surface area contributed by atoms with Crippen LogP contribution in [0.5, 0.6) is 5.75 Å². The average molecular weight is 426 g/mol. The maximum Gasteiger partial charge on any atom is 0.416 e. The van der Waals surface area contributed by atoms with Crippen molar-refractivity contribution in [2.45, 2.75) is 12.7 Å². The van der Waals surface area contributed by atoms with Crippen LogP contribution in [0.4, 0.5) is 13.2 Å². The fourth-order valence-electron chi connectivity index (χ4n) is 3.18. The minimum Gasteiger partial charge on any atom is -0.496 e. The topological polar surface area (TPSA) is 68.5 Å². The van der Waals surface area contributed by atoms with E-state index in [1.54, 1.807) is 35.9 Å². The van der Waals surface area contributed by atoms with Gasteiger partial charge in [-0.2, -0.15) is 13.2 Å². The van der Waals surface area contributed by atoms with Gasteiger partial charge in [0.25, 0.3) is 5.91 Å². The summed E-state index contributed by atoms with van der Waals surface area (Å²) >= 11 is 0. The second-order valence-corrected chi connectivity index (χ2v) is 6.75. The van der Waals surface area contributed by atoms with Crippen LogP contribution in [0, 0.1) is 0 Å². The molecule has 9 heteroatoms. The number of nitrogens with one attached hydrogen (secondary N) is 1. The SMILES string of the molecule is COc1ccccc1-c1nnc2ccc(C(=O)NCc3cccc(C(F)(F)F)c3)cn12. The van der Waals surface area contributed by atoms with E-state index in [0.717, 1.165) is 12.1 Å². The van der Waals surface area contributed by atoms with E-state index in [1.165, 1.54) is 12.1 Å². The minimum absolute atomic E-state index is 0.0394. The second-order valence-electron chi connectivity index (χ2n) is 6.75. The molecular weight excluding hydrogens is 409 g/mol. The summed E-state index contributed by atoms with van der Waals surface area (Å²) in [6.07, 6.45) is -2.85. The van der Waals surface area contributed by atoms with Gasteiger partial charge in [0.05, 0.1) is 23.8 Å². The van der Waals surface area contributed by atoms with E-state index in [-0.39, 0.29) is 6.54 Å². The molecule has 4 aromatic rings. The number of methoxy groups -OCH3 is 1. The molecule has 0 aliphatic rings. The normalized spacial score (nSPS) is 11.5. The lowest BCUT2D eigenvalue weighted by Gasteiger charge is -2.10. The number of carbonyl (C=O) groups is 1. The Morgan fingerprint density at radius 2 is 1.87 bits per heavy atom. The van der Waals surface area contributed by atoms with Crippen LogP contribution in [0.15, 0.2) is 66.9 Å². The van der Waals surface area contributed by atoms with Gasteiger partial charge in [0.1, 0.15) is 5.75 Å². The average Bonchev–Trinajstić information content (AvgIpc) is 3.20. The zero-order valence-corrected chi connectivity index (χ0v) is 16.3. The molecule has 0 bridgehead atoms. The Labute approximate surface area is 175 Å². The van der Waals surface area contributed by atoms with Crippen molar-refractivity contribution in [2.24, 2.45) is 0 Å². The Hall–Kier alpha value is -3.88. The van der Waals surface area contributed by atoms with Crippen LogP contribution in [0.1, 0.15) is 21.5 Å². The first-order chi connectivity index (χ1) is 14.9. The first kappa shape index (κ1) is 20.4. The largest absolute Gasteiger partial charge is 0.496 e. The molecule has 0 saturated carbocycles. The smallest absolute Gasteiger partial charge is 0.416 e. The van der Waals surface area contributed by atoms with Crippen molar-refractivity contribution in [2.75, 3.05) is 7.11 Å². The fourth-order valence-corrected chi connectivity index (χ4v) is 3.18. The number of aromatic nitrogens is 3. The maximum atomic E-state index is 12.9. The van der Waals surface area contributed by atoms with E-state index in [4.69, 9.17) is 4.74 Å². The van der Waals surface area contributed by atoms with Crippen molar-refractivity contribution < 1.29 is 22.7 Å². The molecule has 0 aliphatic carbocycles. The van der Waals surface area contributed by atoms with Gasteiger partial charge in [0.15, 0.2) is 11.5 Å². The van der Waals surface area contributed by atoms with E-state index >= 15 is 0 Å². The van der Waals surface area contributed by atoms with Gasteiger partial charge >= 0.3 is 6.18 Å². The lowest BCUT2D eigenvalue weighted by Crippen LogP contribution is -2.23. The van der Waals surface area contributed by atoms with Gasteiger partial charge in [-0.3, -0.25) is 9.20 Å². The quantitative estimate of drug-likeness (QED) is 0.515. The van der Waals surface area contributed by atoms with E-state index in [2.05, 4.69) is 15.5 Å². The summed E-state index contributed by atoms with van der Waals surface area (Å²) in [4.78, 5) is 12.6. The number of benzene rings is 2. The predicted octanol–water partition coefficient (Wildman–Crippen LogP) is 4.35. The van der Waals surface area contributed by atoms with Crippen LogP contribution >= 0.6 is 0 Å². The first-order valence-electron chi connectivity index (χ1n) is 9.29. The number of rotatable bonds is 5. The minimum atomic E-state index is -4.44. The molecule has 4 rings (SSSR count). The van der Waals surface area contributed by atoms with E-state index in [9.17, 15) is 18.0 Å². The summed E-state index contributed by atoms with van der Waals surface area (Å²) < 4.78 is 45.7. The Balaban J connectivity index is 1.58. The molecule has 0 spiro atoms. The van der Waals surface area contributed by atoms with Crippen LogP contribution < -0.4 is 10.1 Å². The first-order valence-corrected chi connectivity index (χ1v) is 9.29. The predicted molar refractivity (Wildman–Crippen MR) is 108 cm³/mol. The molecule has 2 aromatic carbocycles. The summed E-state index contributed by atoms with van der Waals surface area (Å²) in [5.41, 5.74) is 1.15. The summed E-state index contributed by atoms with van der Waals surface area (Å²) in [7, 11) is 1.55. The van der Waals surface area contributed by atoms with Crippen LogP contribution in [0.3, 0.4) is 0 Å². The lowest BCUT2D eigenvalue weighted by molar-refractivity contribution is -0.137. The molecule has 6 nitrogen and oxygen atoms in total. The van der Waals surface area contributed by atoms with Gasteiger partial charge in [0.2, 0.25) is 0 Å². The molecule has 0 aliphatic heterocycles. The Morgan fingerprint density at radius 1 is 1.06 bits per heavy atom. The molecule has 2 heterocycles. The van der Waals surface area contributed by atoms with Gasteiger partial charge < -0.3 is 10.1 Å². The Morgan fingerprint density at radius 3 is 2.65 bits per heavy atom. The van der Waals surface area contributed by atoms with E-state index in [0.29, 0.717) is 33.9 Å². The van der Waals surface area contributed by atoms with Crippen molar-refractivity contribution in [3.63, 3.8) is 0 Å². The van der Waals surface area contributed by atoms with Gasteiger partial charge in [-0.15, -0.1) is 10.2 Å². The monoisotopic (exact) mass is 426 g/mol. The summed E-state index contributed by atoms with van der Waals surface area (Å²) in [5, 5.41) is 11.0. The molecule has 0 atom stereocenters. The number of nitrogens with zero attached hydrogens (tertiary/aromatic N) is 3. The number of pyridine rings is 1. The highest BCUT2D eigenvalue weighted by Crippen LogP contribution is 2.30. The highest BCUT2D eigenvalue weighted by molar-refractivity contribution is 5.94. The fraction of sp³-hybridized carbons (Fsp3) is 0.136. The molecule has 0 radical (unpaired) electrons. The van der Waals surface area contributed by atoms with Crippen LogP contribution in [-0.2, 0) is 12.7 Å². The highest BCUT2D eigenvalue weighted by Gasteiger charge is 2.30. The zero-order chi connectivity index (χ0) is 22.0. The van der Waals surface area contributed by atoms with Crippen molar-refractivity contribution in [1.82, 2.24) is 19.9 Å². The number of fused-ring (bicyclic) bond motifs is 1. The van der Waals surface area contributed by atoms with Gasteiger partial charge in [0, 0.05) is 12.7 Å². The number of amides is 1. The molecule has 0 fully saturated rings. The zero-order valence-electron chi connectivity index (χ0n) is 16.3. The highest BCUT2D eigenvalue weighted by atomic mass is 19.4. The maximum absolute atomic E-state index is 12.9. The molecule has 2 aromatic heterocycles. The standard InChI is InChI=1S/C22H17F3N4O2/c1-31-18-8-3-2-7-17(18)20-28-27-19-10-9-15(13-29(19)20)21(30)26-12-14-5-4-6-16(11-14)22(23,24)25/h2-11,13H,12H2,1H3,(H,26,30).